The topological polar surface area (TPSA) is 60.8 Å². The number of phenols is 1. The lowest BCUT2D eigenvalue weighted by Crippen LogP contribution is -2.25. The molecule has 1 amide bonds. The van der Waals surface area contributed by atoms with E-state index in [-0.39, 0.29) is 34.7 Å². The zero-order valence-corrected chi connectivity index (χ0v) is 9.66. The number of hydrogen-bond acceptors (Lipinski definition) is 3. The molecule has 1 heterocycles. The number of aliphatic hydroxyl groups is 1. The van der Waals surface area contributed by atoms with E-state index in [0.717, 1.165) is 0 Å². The van der Waals surface area contributed by atoms with Crippen molar-refractivity contribution in [3.63, 3.8) is 0 Å². The smallest absolute Gasteiger partial charge is 0.229 e. The van der Waals surface area contributed by atoms with Crippen molar-refractivity contribution in [1.29, 1.82) is 0 Å². The molecule has 0 spiro atoms. The Labute approximate surface area is 102 Å². The molecule has 4 nitrogen and oxygen atoms in total. The number of rotatable bonds is 1. The maximum Gasteiger partial charge on any atom is 0.229 e. The molecule has 2 N–H and O–H groups in total. The number of amides is 1. The Hall–Kier alpha value is -0.970. The maximum atomic E-state index is 11.5. The fraction of sp³-hybridized carbons (Fsp3) is 0.300. The van der Waals surface area contributed by atoms with Crippen molar-refractivity contribution in [2.24, 2.45) is 0 Å². The van der Waals surface area contributed by atoms with Gasteiger partial charge in [-0.15, -0.1) is 0 Å². The fourth-order valence-electron chi connectivity index (χ4n) is 1.65. The van der Waals surface area contributed by atoms with Crippen LogP contribution in [0.5, 0.6) is 5.75 Å². The number of benzene rings is 1. The molecule has 0 aliphatic carbocycles. The predicted octanol–water partition coefficient (Wildman–Crippen LogP) is 1.80. The van der Waals surface area contributed by atoms with Crippen LogP contribution in [0.1, 0.15) is 6.42 Å². The monoisotopic (exact) mass is 261 g/mol. The number of nitrogens with zero attached hydrogens (tertiary/aromatic N) is 1. The van der Waals surface area contributed by atoms with Crippen molar-refractivity contribution in [3.05, 3.63) is 22.2 Å². The summed E-state index contributed by atoms with van der Waals surface area (Å²) in [5, 5.41) is 18.9. The first-order valence-electron chi connectivity index (χ1n) is 4.65. The van der Waals surface area contributed by atoms with Crippen molar-refractivity contribution < 1.29 is 15.0 Å². The number of aromatic hydroxyl groups is 1. The molecule has 16 heavy (non-hydrogen) atoms. The van der Waals surface area contributed by atoms with Gasteiger partial charge in [0, 0.05) is 5.69 Å². The summed E-state index contributed by atoms with van der Waals surface area (Å²) in [6, 6.07) is 2.89. The average molecular weight is 262 g/mol. The molecular weight excluding hydrogens is 253 g/mol. The Morgan fingerprint density at radius 1 is 1.31 bits per heavy atom. The minimum absolute atomic E-state index is 0.0803. The SMILES string of the molecule is O=C1CC(O)CN1c1cc(Cl)c(O)c(Cl)c1. The van der Waals surface area contributed by atoms with Crippen LogP contribution >= 0.6 is 23.2 Å². The molecular formula is C10H9Cl2NO3. The van der Waals surface area contributed by atoms with Crippen molar-refractivity contribution in [2.45, 2.75) is 12.5 Å². The van der Waals surface area contributed by atoms with Gasteiger partial charge in [-0.1, -0.05) is 23.2 Å². The number of anilines is 1. The van der Waals surface area contributed by atoms with Gasteiger partial charge in [-0.3, -0.25) is 4.79 Å². The standard InChI is InChI=1S/C10H9Cl2NO3/c11-7-1-5(2-8(12)10(7)16)13-4-6(14)3-9(13)15/h1-2,6,14,16H,3-4H2. The second-order valence-electron chi connectivity index (χ2n) is 3.62. The molecule has 6 heteroatoms. The van der Waals surface area contributed by atoms with Gasteiger partial charge in [0.2, 0.25) is 5.91 Å². The van der Waals surface area contributed by atoms with Crippen molar-refractivity contribution in [1.82, 2.24) is 0 Å². The summed E-state index contributed by atoms with van der Waals surface area (Å²) in [5.41, 5.74) is 0.481. The molecule has 1 saturated heterocycles. The van der Waals surface area contributed by atoms with Crippen LogP contribution < -0.4 is 4.90 Å². The summed E-state index contributed by atoms with van der Waals surface area (Å²) in [6.07, 6.45) is -0.574. The van der Waals surface area contributed by atoms with E-state index >= 15 is 0 Å². The third-order valence-electron chi connectivity index (χ3n) is 2.42. The van der Waals surface area contributed by atoms with Crippen molar-refractivity contribution in [2.75, 3.05) is 11.4 Å². The molecule has 1 fully saturated rings. The van der Waals surface area contributed by atoms with Crippen LogP contribution in [0.2, 0.25) is 10.0 Å². The number of halogens is 2. The molecule has 86 valence electrons. The lowest BCUT2D eigenvalue weighted by molar-refractivity contribution is -0.117. The first-order chi connectivity index (χ1) is 7.49. The molecule has 1 aromatic carbocycles. The third-order valence-corrected chi connectivity index (χ3v) is 2.99. The van der Waals surface area contributed by atoms with Crippen LogP contribution in [0.3, 0.4) is 0 Å². The molecule has 0 aromatic heterocycles. The first-order valence-corrected chi connectivity index (χ1v) is 5.41. The van der Waals surface area contributed by atoms with Crippen LogP contribution in [0.25, 0.3) is 0 Å². The van der Waals surface area contributed by atoms with Crippen LogP contribution in [0.15, 0.2) is 12.1 Å². The lowest BCUT2D eigenvalue weighted by atomic mass is 10.2. The van der Waals surface area contributed by atoms with Gasteiger partial charge in [0.1, 0.15) is 0 Å². The van der Waals surface area contributed by atoms with E-state index < -0.39 is 6.10 Å². The highest BCUT2D eigenvalue weighted by Gasteiger charge is 2.29. The van der Waals surface area contributed by atoms with Gasteiger partial charge >= 0.3 is 0 Å². The van der Waals surface area contributed by atoms with E-state index in [0.29, 0.717) is 5.69 Å². The van der Waals surface area contributed by atoms with E-state index in [1.807, 2.05) is 0 Å². The molecule has 1 aliphatic heterocycles. The van der Waals surface area contributed by atoms with Gasteiger partial charge in [-0.2, -0.15) is 0 Å². The Morgan fingerprint density at radius 2 is 1.88 bits per heavy atom. The van der Waals surface area contributed by atoms with Gasteiger partial charge in [0.15, 0.2) is 5.75 Å². The zero-order chi connectivity index (χ0) is 11.9. The molecule has 0 saturated carbocycles. The number of carbonyl (C=O) groups excluding carboxylic acids is 1. The van der Waals surface area contributed by atoms with Crippen LogP contribution in [0.4, 0.5) is 5.69 Å². The Balaban J connectivity index is 2.38. The summed E-state index contributed by atoms with van der Waals surface area (Å²) < 4.78 is 0. The minimum Gasteiger partial charge on any atom is -0.505 e. The summed E-state index contributed by atoms with van der Waals surface area (Å²) in [7, 11) is 0. The number of aliphatic hydroxyl groups excluding tert-OH is 1. The van der Waals surface area contributed by atoms with E-state index in [1.54, 1.807) is 0 Å². The first kappa shape index (κ1) is 11.5. The van der Waals surface area contributed by atoms with Crippen molar-refractivity contribution >= 4 is 34.8 Å². The molecule has 2 rings (SSSR count). The predicted molar refractivity (Wildman–Crippen MR) is 61.1 cm³/mol. The Bertz CT molecular complexity index is 427. The van der Waals surface area contributed by atoms with E-state index in [9.17, 15) is 15.0 Å². The lowest BCUT2D eigenvalue weighted by Gasteiger charge is -2.17. The fourth-order valence-corrected chi connectivity index (χ4v) is 2.12. The molecule has 1 unspecified atom stereocenters. The van der Waals surface area contributed by atoms with Gasteiger partial charge < -0.3 is 15.1 Å². The number of β-amino-alcohol motifs (C(OH)–C–C–N with tert-alkyl or cyclic N) is 1. The van der Waals surface area contributed by atoms with E-state index in [1.165, 1.54) is 17.0 Å². The van der Waals surface area contributed by atoms with Gasteiger partial charge in [0.25, 0.3) is 0 Å². The van der Waals surface area contributed by atoms with Gasteiger partial charge in [-0.05, 0) is 12.1 Å². The maximum absolute atomic E-state index is 11.5. The summed E-state index contributed by atoms with van der Waals surface area (Å²) in [5.74, 6) is -0.399. The molecule has 1 atom stereocenters. The Morgan fingerprint density at radius 3 is 2.31 bits per heavy atom. The Kier molecular flexibility index (Phi) is 2.97. The third kappa shape index (κ3) is 1.96. The highest BCUT2D eigenvalue weighted by atomic mass is 35.5. The number of carbonyl (C=O) groups is 1. The normalized spacial score (nSPS) is 20.6. The summed E-state index contributed by atoms with van der Waals surface area (Å²) >= 11 is 11.5. The van der Waals surface area contributed by atoms with Gasteiger partial charge in [0.05, 0.1) is 29.1 Å². The van der Waals surface area contributed by atoms with E-state index in [4.69, 9.17) is 23.2 Å². The molecule has 0 radical (unpaired) electrons. The van der Waals surface area contributed by atoms with E-state index in [2.05, 4.69) is 0 Å². The van der Waals surface area contributed by atoms with Gasteiger partial charge in [-0.25, -0.2) is 0 Å². The molecule has 1 aromatic rings. The highest BCUT2D eigenvalue weighted by molar-refractivity contribution is 6.37. The largest absolute Gasteiger partial charge is 0.505 e. The summed E-state index contributed by atoms with van der Waals surface area (Å²) in [4.78, 5) is 12.9. The second-order valence-corrected chi connectivity index (χ2v) is 4.43. The summed E-state index contributed by atoms with van der Waals surface area (Å²) in [6.45, 7) is 0.219. The average Bonchev–Trinajstić information content (AvgIpc) is 2.53. The number of hydrogen-bond donors (Lipinski definition) is 2. The number of phenolic OH excluding ortho intramolecular Hbond substituents is 1. The zero-order valence-electron chi connectivity index (χ0n) is 8.15. The van der Waals surface area contributed by atoms with Crippen LogP contribution in [0, 0.1) is 0 Å². The molecule has 1 aliphatic rings. The quantitative estimate of drug-likeness (QED) is 0.811. The highest BCUT2D eigenvalue weighted by Crippen LogP contribution is 2.37. The van der Waals surface area contributed by atoms with Crippen LogP contribution in [-0.2, 0) is 4.79 Å². The minimum atomic E-state index is -0.668. The van der Waals surface area contributed by atoms with Crippen LogP contribution in [-0.4, -0.2) is 28.8 Å². The second kappa shape index (κ2) is 4.13. The van der Waals surface area contributed by atoms with Crippen molar-refractivity contribution in [3.8, 4) is 5.75 Å². The molecule has 0 bridgehead atoms.